The zero-order valence-corrected chi connectivity index (χ0v) is 8.70. The molecule has 0 fully saturated rings. The van der Waals surface area contributed by atoms with Crippen molar-refractivity contribution in [3.63, 3.8) is 0 Å². The van der Waals surface area contributed by atoms with Crippen LogP contribution in [0.15, 0.2) is 12.1 Å². The second-order valence-corrected chi connectivity index (χ2v) is 3.13. The van der Waals surface area contributed by atoms with E-state index in [1.807, 2.05) is 6.07 Å². The zero-order chi connectivity index (χ0) is 11.4. The minimum absolute atomic E-state index is 0.208. The number of ether oxygens (including phenoxy) is 1. The predicted molar refractivity (Wildman–Crippen MR) is 55.1 cm³/mol. The fourth-order valence-electron chi connectivity index (χ4n) is 1.34. The summed E-state index contributed by atoms with van der Waals surface area (Å²) in [6, 6.07) is 5.30. The number of hydrogen-bond acceptors (Lipinski definition) is 4. The number of aryl methyl sites for hydroxylation is 1. The first-order valence-corrected chi connectivity index (χ1v) is 4.46. The molecule has 0 spiro atoms. The number of nitrogens with two attached hydrogens (primary N) is 1. The van der Waals surface area contributed by atoms with Crippen molar-refractivity contribution in [2.45, 2.75) is 13.5 Å². The molecular formula is C11H12N2O2. The van der Waals surface area contributed by atoms with E-state index in [0.717, 1.165) is 5.56 Å². The van der Waals surface area contributed by atoms with E-state index in [9.17, 15) is 4.79 Å². The lowest BCUT2D eigenvalue weighted by Crippen LogP contribution is -2.10. The molecule has 0 heterocycles. The summed E-state index contributed by atoms with van der Waals surface area (Å²) >= 11 is 0. The first-order chi connectivity index (χ1) is 7.13. The van der Waals surface area contributed by atoms with Gasteiger partial charge in [0.05, 0.1) is 24.3 Å². The number of esters is 1. The van der Waals surface area contributed by atoms with E-state index in [4.69, 9.17) is 11.0 Å². The number of benzene rings is 1. The Morgan fingerprint density at radius 3 is 2.73 bits per heavy atom. The Hall–Kier alpha value is -1.86. The highest BCUT2D eigenvalue weighted by atomic mass is 16.5. The summed E-state index contributed by atoms with van der Waals surface area (Å²) in [5.74, 6) is -0.428. The number of carbonyl (C=O) groups is 1. The maximum atomic E-state index is 11.4. The monoisotopic (exact) mass is 204 g/mol. The van der Waals surface area contributed by atoms with Gasteiger partial charge in [-0.15, -0.1) is 0 Å². The summed E-state index contributed by atoms with van der Waals surface area (Å²) in [4.78, 5) is 11.4. The highest BCUT2D eigenvalue weighted by molar-refractivity contribution is 5.91. The molecule has 2 N–H and O–H groups in total. The van der Waals surface area contributed by atoms with Crippen molar-refractivity contribution in [2.24, 2.45) is 5.73 Å². The molecule has 0 aliphatic heterocycles. The lowest BCUT2D eigenvalue weighted by Gasteiger charge is -2.08. The molecule has 0 aromatic heterocycles. The van der Waals surface area contributed by atoms with Crippen LogP contribution in [0.5, 0.6) is 0 Å². The topological polar surface area (TPSA) is 76.1 Å². The van der Waals surface area contributed by atoms with Crippen LogP contribution in [0.4, 0.5) is 0 Å². The van der Waals surface area contributed by atoms with Gasteiger partial charge in [-0.2, -0.15) is 5.26 Å². The molecule has 1 aromatic carbocycles. The summed E-state index contributed by atoms with van der Waals surface area (Å²) in [5.41, 5.74) is 7.83. The lowest BCUT2D eigenvalue weighted by molar-refractivity contribution is 0.0599. The molecule has 0 aliphatic carbocycles. The second-order valence-electron chi connectivity index (χ2n) is 3.13. The fourth-order valence-corrected chi connectivity index (χ4v) is 1.34. The van der Waals surface area contributed by atoms with Crippen LogP contribution in [-0.4, -0.2) is 13.1 Å². The van der Waals surface area contributed by atoms with Gasteiger partial charge in [0.2, 0.25) is 0 Å². The molecule has 4 nitrogen and oxygen atoms in total. The normalized spacial score (nSPS) is 9.47. The molecular weight excluding hydrogens is 192 g/mol. The quantitative estimate of drug-likeness (QED) is 0.732. The molecule has 4 heteroatoms. The van der Waals surface area contributed by atoms with Crippen molar-refractivity contribution in [2.75, 3.05) is 7.11 Å². The third kappa shape index (κ3) is 2.14. The van der Waals surface area contributed by atoms with Crippen LogP contribution in [0.25, 0.3) is 0 Å². The van der Waals surface area contributed by atoms with Gasteiger partial charge in [0, 0.05) is 6.54 Å². The van der Waals surface area contributed by atoms with Crippen LogP contribution >= 0.6 is 0 Å². The Labute approximate surface area is 88.3 Å². The van der Waals surface area contributed by atoms with Gasteiger partial charge in [0.15, 0.2) is 0 Å². The van der Waals surface area contributed by atoms with E-state index >= 15 is 0 Å². The van der Waals surface area contributed by atoms with Crippen LogP contribution in [0.1, 0.15) is 27.0 Å². The Bertz CT molecular complexity index is 433. The molecule has 78 valence electrons. The standard InChI is InChI=1S/C11H12N2O2/c1-7-3-10(11(14)15-2)9(6-13)4-8(7)5-12/h3-4H,6,13H2,1-2H3. The van der Waals surface area contributed by atoms with Crippen molar-refractivity contribution in [3.8, 4) is 6.07 Å². The molecule has 0 saturated heterocycles. The molecule has 0 saturated carbocycles. The maximum absolute atomic E-state index is 11.4. The molecule has 0 unspecified atom stereocenters. The van der Waals surface area contributed by atoms with Crippen LogP contribution in [-0.2, 0) is 11.3 Å². The largest absolute Gasteiger partial charge is 0.465 e. The van der Waals surface area contributed by atoms with Crippen LogP contribution in [0.2, 0.25) is 0 Å². The van der Waals surface area contributed by atoms with Crippen LogP contribution < -0.4 is 5.73 Å². The van der Waals surface area contributed by atoms with Gasteiger partial charge in [-0.3, -0.25) is 0 Å². The number of hydrogen-bond donors (Lipinski definition) is 1. The first kappa shape index (κ1) is 11.2. The molecule has 0 aliphatic rings. The average Bonchev–Trinajstić information content (AvgIpc) is 2.27. The smallest absolute Gasteiger partial charge is 0.338 e. The molecule has 0 amide bonds. The molecule has 0 radical (unpaired) electrons. The van der Waals surface area contributed by atoms with Gasteiger partial charge in [0.25, 0.3) is 0 Å². The highest BCUT2D eigenvalue weighted by Gasteiger charge is 2.13. The zero-order valence-electron chi connectivity index (χ0n) is 8.70. The molecule has 1 rings (SSSR count). The minimum Gasteiger partial charge on any atom is -0.465 e. The average molecular weight is 204 g/mol. The SMILES string of the molecule is COC(=O)c1cc(C)c(C#N)cc1CN. The Morgan fingerprint density at radius 1 is 1.60 bits per heavy atom. The van der Waals surface area contributed by atoms with E-state index < -0.39 is 5.97 Å². The minimum atomic E-state index is -0.428. The fraction of sp³-hybridized carbons (Fsp3) is 0.273. The molecule has 0 bridgehead atoms. The van der Waals surface area contributed by atoms with Crippen molar-refractivity contribution >= 4 is 5.97 Å². The number of nitrogens with zero attached hydrogens (tertiary/aromatic N) is 1. The first-order valence-electron chi connectivity index (χ1n) is 4.46. The highest BCUT2D eigenvalue weighted by Crippen LogP contribution is 2.16. The van der Waals surface area contributed by atoms with E-state index in [2.05, 4.69) is 4.74 Å². The van der Waals surface area contributed by atoms with Crippen molar-refractivity contribution in [3.05, 3.63) is 34.4 Å². The molecule has 15 heavy (non-hydrogen) atoms. The summed E-state index contributed by atoms with van der Waals surface area (Å²) < 4.78 is 4.63. The van der Waals surface area contributed by atoms with Gasteiger partial charge in [0.1, 0.15) is 0 Å². The van der Waals surface area contributed by atoms with Gasteiger partial charge < -0.3 is 10.5 Å². The Kier molecular flexibility index (Phi) is 3.42. The summed E-state index contributed by atoms with van der Waals surface area (Å²) in [5, 5.41) is 8.82. The van der Waals surface area contributed by atoms with Gasteiger partial charge in [-0.1, -0.05) is 0 Å². The van der Waals surface area contributed by atoms with E-state index in [1.165, 1.54) is 7.11 Å². The third-order valence-electron chi connectivity index (χ3n) is 2.20. The predicted octanol–water partition coefficient (Wildman–Crippen LogP) is 1.11. The van der Waals surface area contributed by atoms with E-state index in [0.29, 0.717) is 16.7 Å². The number of methoxy groups -OCH3 is 1. The lowest BCUT2D eigenvalue weighted by atomic mass is 10.00. The maximum Gasteiger partial charge on any atom is 0.338 e. The summed E-state index contributed by atoms with van der Waals surface area (Å²) in [6.07, 6.45) is 0. The van der Waals surface area contributed by atoms with E-state index in [-0.39, 0.29) is 6.54 Å². The number of rotatable bonds is 2. The molecule has 1 aromatic rings. The van der Waals surface area contributed by atoms with Crippen molar-refractivity contribution < 1.29 is 9.53 Å². The Morgan fingerprint density at radius 2 is 2.27 bits per heavy atom. The van der Waals surface area contributed by atoms with Gasteiger partial charge >= 0.3 is 5.97 Å². The number of nitriles is 1. The van der Waals surface area contributed by atoms with Gasteiger partial charge in [-0.25, -0.2) is 4.79 Å². The van der Waals surface area contributed by atoms with Crippen molar-refractivity contribution in [1.29, 1.82) is 5.26 Å². The van der Waals surface area contributed by atoms with Crippen LogP contribution in [0.3, 0.4) is 0 Å². The molecule has 0 atom stereocenters. The Balaban J connectivity index is 3.35. The van der Waals surface area contributed by atoms with Gasteiger partial charge in [-0.05, 0) is 30.2 Å². The second kappa shape index (κ2) is 4.58. The van der Waals surface area contributed by atoms with E-state index in [1.54, 1.807) is 19.1 Å². The number of carbonyl (C=O) groups excluding carboxylic acids is 1. The summed E-state index contributed by atoms with van der Waals surface area (Å²) in [7, 11) is 1.32. The van der Waals surface area contributed by atoms with Crippen molar-refractivity contribution in [1.82, 2.24) is 0 Å². The summed E-state index contributed by atoms with van der Waals surface area (Å²) in [6.45, 7) is 1.98. The third-order valence-corrected chi connectivity index (χ3v) is 2.20. The van der Waals surface area contributed by atoms with Crippen LogP contribution in [0, 0.1) is 18.3 Å².